The van der Waals surface area contributed by atoms with Crippen LogP contribution in [-0.4, -0.2) is 59.8 Å². The number of aromatic nitrogens is 6. The van der Waals surface area contributed by atoms with E-state index in [-0.39, 0.29) is 17.5 Å². The van der Waals surface area contributed by atoms with Crippen molar-refractivity contribution in [3.8, 4) is 0 Å². The molecule has 1 saturated carbocycles. The number of urea groups is 1. The number of H-pyrrole nitrogens is 1. The molecule has 210 valence electrons. The number of nitrogens with one attached hydrogen (secondary N) is 3. The Labute approximate surface area is 235 Å². The monoisotopic (exact) mass is 553 g/mol. The van der Waals surface area contributed by atoms with Crippen LogP contribution in [0.4, 0.5) is 15.4 Å². The van der Waals surface area contributed by atoms with E-state index in [0.717, 1.165) is 35.1 Å². The molecule has 0 unspecified atom stereocenters. The van der Waals surface area contributed by atoms with Crippen molar-refractivity contribution in [1.29, 1.82) is 0 Å². The Bertz CT molecular complexity index is 1730. The molecule has 0 radical (unpaired) electrons. The summed E-state index contributed by atoms with van der Waals surface area (Å²) in [7, 11) is 0. The standard InChI is InChI=1S/C29H31N9O3/c1-16-11-17-12-20(25-32-14-21(28(2)3-4-28)38(25)15-19(17)18-13-33-36-22(16)18)34-26(39)37-9-5-29(6-10-37)23-24(31-8-7-30-23)35-27(40)41-29/h7-8,11,13-14,20H,3-6,9-10,12,15H2,1-2H3,(H,33,36)(H,34,39)(H,31,35,40)/t20-/m1/s1. The molecule has 3 aliphatic heterocycles. The molecule has 1 aromatic carbocycles. The first-order valence-corrected chi connectivity index (χ1v) is 14.2. The van der Waals surface area contributed by atoms with Crippen molar-refractivity contribution >= 4 is 28.8 Å². The highest BCUT2D eigenvalue weighted by atomic mass is 16.6. The van der Waals surface area contributed by atoms with Crippen molar-refractivity contribution in [2.75, 3.05) is 18.4 Å². The number of benzene rings is 1. The van der Waals surface area contributed by atoms with E-state index in [9.17, 15) is 9.59 Å². The maximum absolute atomic E-state index is 13.8. The van der Waals surface area contributed by atoms with Crippen LogP contribution in [0.25, 0.3) is 10.9 Å². The second-order valence-electron chi connectivity index (χ2n) is 12.1. The van der Waals surface area contributed by atoms with Gasteiger partial charge in [-0.05, 0) is 36.5 Å². The number of piperidine rings is 1. The third-order valence-corrected chi connectivity index (χ3v) is 9.49. The first-order valence-electron chi connectivity index (χ1n) is 14.2. The van der Waals surface area contributed by atoms with Crippen molar-refractivity contribution in [1.82, 2.24) is 39.9 Å². The number of anilines is 1. The van der Waals surface area contributed by atoms with Gasteiger partial charge in [-0.15, -0.1) is 0 Å². The summed E-state index contributed by atoms with van der Waals surface area (Å²) in [6.07, 6.45) is 10.3. The molecule has 3 N–H and O–H groups in total. The molecule has 2 fully saturated rings. The smallest absolute Gasteiger partial charge is 0.413 e. The van der Waals surface area contributed by atoms with Gasteiger partial charge in [0.05, 0.1) is 24.3 Å². The summed E-state index contributed by atoms with van der Waals surface area (Å²) in [4.78, 5) is 41.5. The van der Waals surface area contributed by atoms with Gasteiger partial charge in [-0.3, -0.25) is 15.4 Å². The third-order valence-electron chi connectivity index (χ3n) is 9.49. The van der Waals surface area contributed by atoms with Crippen LogP contribution in [0.2, 0.25) is 0 Å². The summed E-state index contributed by atoms with van der Waals surface area (Å²) in [5.74, 6) is 1.31. The van der Waals surface area contributed by atoms with Gasteiger partial charge in [-0.2, -0.15) is 5.10 Å². The number of imidazole rings is 1. The molecule has 3 amide bonds. The Morgan fingerprint density at radius 3 is 2.73 bits per heavy atom. The number of rotatable bonds is 2. The number of hydrogen-bond donors (Lipinski definition) is 3. The van der Waals surface area contributed by atoms with E-state index in [2.05, 4.69) is 55.3 Å². The predicted molar refractivity (Wildman–Crippen MR) is 148 cm³/mol. The molecular weight excluding hydrogens is 522 g/mol. The summed E-state index contributed by atoms with van der Waals surface area (Å²) in [5.41, 5.74) is 5.70. The number of likely N-dealkylation sites (tertiary alicyclic amines) is 1. The lowest BCUT2D eigenvalue weighted by Gasteiger charge is -2.42. The summed E-state index contributed by atoms with van der Waals surface area (Å²) >= 11 is 0. The lowest BCUT2D eigenvalue weighted by molar-refractivity contribution is -0.0340. The summed E-state index contributed by atoms with van der Waals surface area (Å²) in [6.45, 7) is 5.92. The number of hydrogen-bond acceptors (Lipinski definition) is 7. The summed E-state index contributed by atoms with van der Waals surface area (Å²) in [5, 5.41) is 14.6. The van der Waals surface area contributed by atoms with Gasteiger partial charge in [0, 0.05) is 67.4 Å². The van der Waals surface area contributed by atoms with Gasteiger partial charge in [0.1, 0.15) is 11.5 Å². The predicted octanol–water partition coefficient (Wildman–Crippen LogP) is 3.82. The van der Waals surface area contributed by atoms with Crippen LogP contribution in [0.15, 0.2) is 30.9 Å². The van der Waals surface area contributed by atoms with Crippen LogP contribution in [-0.2, 0) is 28.7 Å². The van der Waals surface area contributed by atoms with Gasteiger partial charge in [-0.1, -0.05) is 13.0 Å². The summed E-state index contributed by atoms with van der Waals surface area (Å²) < 4.78 is 8.09. The first-order chi connectivity index (χ1) is 19.8. The molecule has 0 bridgehead atoms. The number of fused-ring (bicyclic) bond motifs is 6. The molecule has 8 rings (SSSR count). The average Bonchev–Trinajstić information content (AvgIpc) is 3.35. The van der Waals surface area contributed by atoms with Gasteiger partial charge >= 0.3 is 12.1 Å². The number of carbonyl (C=O) groups excluding carboxylic acids is 2. The fourth-order valence-corrected chi connectivity index (χ4v) is 6.88. The van der Waals surface area contributed by atoms with Crippen LogP contribution >= 0.6 is 0 Å². The highest BCUT2D eigenvalue weighted by Crippen LogP contribution is 2.49. The Morgan fingerprint density at radius 2 is 1.93 bits per heavy atom. The first kappa shape index (κ1) is 24.3. The Morgan fingerprint density at radius 1 is 1.12 bits per heavy atom. The minimum atomic E-state index is -0.887. The Kier molecular flexibility index (Phi) is 5.05. The van der Waals surface area contributed by atoms with E-state index < -0.39 is 11.7 Å². The van der Waals surface area contributed by atoms with Crippen LogP contribution < -0.4 is 10.6 Å². The molecule has 4 aromatic rings. The minimum absolute atomic E-state index is 0.122. The minimum Gasteiger partial charge on any atom is -0.436 e. The van der Waals surface area contributed by atoms with Gasteiger partial charge in [-0.25, -0.2) is 19.6 Å². The molecule has 41 heavy (non-hydrogen) atoms. The molecule has 1 atom stereocenters. The maximum atomic E-state index is 13.8. The van der Waals surface area contributed by atoms with E-state index >= 15 is 0 Å². The molecule has 3 aromatic heterocycles. The molecule has 1 spiro atoms. The largest absolute Gasteiger partial charge is 0.436 e. The number of carbonyl (C=O) groups is 2. The molecule has 1 saturated heterocycles. The zero-order chi connectivity index (χ0) is 27.9. The van der Waals surface area contributed by atoms with Crippen molar-refractivity contribution < 1.29 is 14.3 Å². The number of aryl methyl sites for hydroxylation is 1. The third kappa shape index (κ3) is 3.72. The van der Waals surface area contributed by atoms with Crippen LogP contribution in [0.3, 0.4) is 0 Å². The topological polar surface area (TPSA) is 143 Å². The normalized spacial score (nSPS) is 21.8. The highest BCUT2D eigenvalue weighted by molar-refractivity contribution is 5.87. The van der Waals surface area contributed by atoms with E-state index in [1.54, 1.807) is 17.3 Å². The van der Waals surface area contributed by atoms with Crippen molar-refractivity contribution in [2.24, 2.45) is 0 Å². The molecule has 12 nitrogen and oxygen atoms in total. The van der Waals surface area contributed by atoms with E-state index in [1.165, 1.54) is 16.8 Å². The van der Waals surface area contributed by atoms with Crippen LogP contribution in [0.5, 0.6) is 0 Å². The Hall–Kier alpha value is -4.48. The van der Waals surface area contributed by atoms with Crippen molar-refractivity contribution in [2.45, 2.75) is 69.6 Å². The second kappa shape index (κ2) is 8.51. The molecule has 6 heterocycles. The van der Waals surface area contributed by atoms with E-state index in [1.807, 2.05) is 12.4 Å². The maximum Gasteiger partial charge on any atom is 0.413 e. The van der Waals surface area contributed by atoms with E-state index in [0.29, 0.717) is 50.4 Å². The second-order valence-corrected chi connectivity index (χ2v) is 12.1. The fourth-order valence-electron chi connectivity index (χ4n) is 6.88. The number of amides is 3. The summed E-state index contributed by atoms with van der Waals surface area (Å²) in [6, 6.07) is 1.78. The molecule has 1 aliphatic carbocycles. The van der Waals surface area contributed by atoms with Crippen molar-refractivity contribution in [3.63, 3.8) is 0 Å². The van der Waals surface area contributed by atoms with E-state index in [4.69, 9.17) is 9.72 Å². The molecule has 12 heteroatoms. The zero-order valence-electron chi connectivity index (χ0n) is 23.0. The number of nitrogens with zero attached hydrogens (tertiary/aromatic N) is 6. The highest BCUT2D eigenvalue weighted by Gasteiger charge is 2.48. The van der Waals surface area contributed by atoms with Crippen LogP contribution in [0.1, 0.15) is 72.6 Å². The van der Waals surface area contributed by atoms with Gasteiger partial charge in [0.15, 0.2) is 11.4 Å². The van der Waals surface area contributed by atoms with Gasteiger partial charge in [0.2, 0.25) is 0 Å². The molecule has 4 aliphatic rings. The molecular formula is C29H31N9O3. The van der Waals surface area contributed by atoms with Gasteiger partial charge in [0.25, 0.3) is 0 Å². The number of ether oxygens (including phenoxy) is 1. The quantitative estimate of drug-likeness (QED) is 0.342. The number of aromatic amines is 1. The zero-order valence-corrected chi connectivity index (χ0v) is 23.0. The average molecular weight is 554 g/mol. The SMILES string of the molecule is Cc1cc2c(c3cn[nH]c13)Cn1c(C3(C)CC3)cnc1[C@H](NC(=O)N1CCC3(CC1)OC(=O)Nc1nccnc13)C2. The van der Waals surface area contributed by atoms with Crippen LogP contribution in [0, 0.1) is 6.92 Å². The van der Waals surface area contributed by atoms with Gasteiger partial charge < -0.3 is 19.5 Å². The van der Waals surface area contributed by atoms with Crippen molar-refractivity contribution in [3.05, 3.63) is 64.8 Å². The Balaban J connectivity index is 1.09. The lowest BCUT2D eigenvalue weighted by Crippen LogP contribution is -2.53. The lowest BCUT2D eigenvalue weighted by atomic mass is 9.86. The fraction of sp³-hybridized carbons (Fsp3) is 0.448.